The van der Waals surface area contributed by atoms with Gasteiger partial charge in [-0.3, -0.25) is 9.36 Å². The molecule has 7 heteroatoms. The average molecular weight is 453 g/mol. The highest BCUT2D eigenvalue weighted by Gasteiger charge is 2.33. The van der Waals surface area contributed by atoms with Crippen molar-refractivity contribution in [3.63, 3.8) is 0 Å². The third-order valence-electron chi connectivity index (χ3n) is 5.31. The summed E-state index contributed by atoms with van der Waals surface area (Å²) in [6, 6.07) is 11.6. The van der Waals surface area contributed by atoms with Crippen LogP contribution in [0.5, 0.6) is 0 Å². The number of thiazole rings is 1. The number of carbonyl (C=O) groups is 1. The van der Waals surface area contributed by atoms with E-state index in [9.17, 15) is 9.59 Å². The van der Waals surface area contributed by atoms with Gasteiger partial charge in [0.1, 0.15) is 6.04 Å². The second kappa shape index (κ2) is 8.05. The largest absolute Gasteiger partial charge is 0.466 e. The summed E-state index contributed by atoms with van der Waals surface area (Å²) in [5.74, 6) is -0.466. The highest BCUT2D eigenvalue weighted by Crippen LogP contribution is 2.33. The third-order valence-corrected chi connectivity index (χ3v) is 7.22. The lowest BCUT2D eigenvalue weighted by Gasteiger charge is -2.22. The van der Waals surface area contributed by atoms with Crippen LogP contribution in [0.25, 0.3) is 6.08 Å². The van der Waals surface area contributed by atoms with Crippen LogP contribution in [0.4, 0.5) is 0 Å². The van der Waals surface area contributed by atoms with Crippen molar-refractivity contribution in [2.45, 2.75) is 39.2 Å². The lowest BCUT2D eigenvalue weighted by molar-refractivity contribution is -0.136. The molecule has 1 aromatic carbocycles. The molecule has 0 spiro atoms. The summed E-state index contributed by atoms with van der Waals surface area (Å²) < 4.78 is 7.21. The van der Waals surface area contributed by atoms with Crippen LogP contribution in [-0.2, 0) is 14.9 Å². The summed E-state index contributed by atoms with van der Waals surface area (Å²) in [5.41, 5.74) is 3.08. The van der Waals surface area contributed by atoms with Crippen LogP contribution in [0.15, 0.2) is 62.8 Å². The lowest BCUT2D eigenvalue weighted by Crippen LogP contribution is -2.39. The molecule has 2 aromatic heterocycles. The van der Waals surface area contributed by atoms with Gasteiger partial charge in [-0.25, -0.2) is 9.79 Å². The number of nitrogens with zero attached hydrogens (tertiary/aromatic N) is 2. The summed E-state index contributed by atoms with van der Waals surface area (Å²) >= 11 is 2.84. The maximum absolute atomic E-state index is 13.4. The van der Waals surface area contributed by atoms with Crippen LogP contribution in [0.1, 0.15) is 49.7 Å². The molecular weight excluding hydrogens is 428 g/mol. The fourth-order valence-electron chi connectivity index (χ4n) is 3.64. The Labute approximate surface area is 188 Å². The van der Waals surface area contributed by atoms with E-state index in [0.717, 1.165) is 10.4 Å². The monoisotopic (exact) mass is 452 g/mol. The van der Waals surface area contributed by atoms with Crippen molar-refractivity contribution in [2.75, 3.05) is 7.11 Å². The van der Waals surface area contributed by atoms with Crippen molar-refractivity contribution in [3.05, 3.63) is 88.7 Å². The summed E-state index contributed by atoms with van der Waals surface area (Å²) in [5, 5.41) is 1.94. The van der Waals surface area contributed by atoms with Crippen molar-refractivity contribution in [2.24, 2.45) is 4.99 Å². The van der Waals surface area contributed by atoms with Crippen LogP contribution >= 0.6 is 22.7 Å². The highest BCUT2D eigenvalue weighted by atomic mass is 32.1. The first kappa shape index (κ1) is 21.5. The molecule has 0 bridgehead atoms. The van der Waals surface area contributed by atoms with Crippen molar-refractivity contribution >= 4 is 34.7 Å². The first-order valence-electron chi connectivity index (χ1n) is 9.95. The molecule has 0 N–H and O–H groups in total. The number of benzene rings is 1. The molecule has 1 aliphatic rings. The van der Waals surface area contributed by atoms with Gasteiger partial charge in [-0.1, -0.05) is 62.4 Å². The van der Waals surface area contributed by atoms with Crippen LogP contribution < -0.4 is 14.9 Å². The van der Waals surface area contributed by atoms with E-state index in [2.05, 4.69) is 37.9 Å². The molecule has 3 heterocycles. The second-order valence-electron chi connectivity index (χ2n) is 8.46. The number of rotatable bonds is 3. The number of esters is 1. The quantitative estimate of drug-likeness (QED) is 0.569. The van der Waals surface area contributed by atoms with Crippen molar-refractivity contribution in [3.8, 4) is 0 Å². The molecule has 0 saturated heterocycles. The van der Waals surface area contributed by atoms with E-state index in [4.69, 9.17) is 4.74 Å². The van der Waals surface area contributed by atoms with E-state index in [1.807, 2.05) is 35.7 Å². The number of allylic oxidation sites excluding steroid dienone is 1. The Kier molecular flexibility index (Phi) is 5.58. The molecule has 0 fully saturated rings. The summed E-state index contributed by atoms with van der Waals surface area (Å²) in [4.78, 5) is 32.0. The Morgan fingerprint density at radius 1 is 1.19 bits per heavy atom. The van der Waals surface area contributed by atoms with Gasteiger partial charge in [-0.2, -0.15) is 0 Å². The first-order valence-corrected chi connectivity index (χ1v) is 11.6. The summed E-state index contributed by atoms with van der Waals surface area (Å²) in [7, 11) is 1.35. The molecule has 3 aromatic rings. The SMILES string of the molecule is COC(=O)C1=C(C)N=c2s/c(=C\c3ccc(C(C)(C)C)cc3)c(=O)n2[C@H]1c1cccs1. The number of fused-ring (bicyclic) bond motifs is 1. The summed E-state index contributed by atoms with van der Waals surface area (Å²) in [6.45, 7) is 8.30. The van der Waals surface area contributed by atoms with Crippen LogP contribution in [0.2, 0.25) is 0 Å². The minimum absolute atomic E-state index is 0.0698. The molecule has 0 radical (unpaired) electrons. The summed E-state index contributed by atoms with van der Waals surface area (Å²) in [6.07, 6.45) is 1.89. The topological polar surface area (TPSA) is 60.7 Å². The van der Waals surface area contributed by atoms with Gasteiger partial charge in [0.2, 0.25) is 0 Å². The Bertz CT molecular complexity index is 1340. The number of aromatic nitrogens is 1. The highest BCUT2D eigenvalue weighted by molar-refractivity contribution is 7.10. The van der Waals surface area contributed by atoms with Crippen molar-refractivity contribution in [1.29, 1.82) is 0 Å². The van der Waals surface area contributed by atoms with Gasteiger partial charge in [-0.05, 0) is 41.0 Å². The Hall–Kier alpha value is -2.77. The molecule has 0 amide bonds. The molecule has 0 aliphatic carbocycles. The van der Waals surface area contributed by atoms with Crippen molar-refractivity contribution < 1.29 is 9.53 Å². The van der Waals surface area contributed by atoms with Gasteiger partial charge in [0, 0.05) is 4.88 Å². The molecule has 4 rings (SSSR count). The minimum Gasteiger partial charge on any atom is -0.466 e. The zero-order chi connectivity index (χ0) is 22.3. The van der Waals surface area contributed by atoms with E-state index in [0.29, 0.717) is 20.6 Å². The maximum atomic E-state index is 13.4. The van der Waals surface area contributed by atoms with Crippen LogP contribution in [-0.4, -0.2) is 17.6 Å². The molecule has 0 saturated carbocycles. The van der Waals surface area contributed by atoms with E-state index >= 15 is 0 Å². The molecule has 31 heavy (non-hydrogen) atoms. The Morgan fingerprint density at radius 3 is 2.48 bits per heavy atom. The predicted molar refractivity (Wildman–Crippen MR) is 125 cm³/mol. The second-order valence-corrected chi connectivity index (χ2v) is 10.4. The number of methoxy groups -OCH3 is 1. The fraction of sp³-hybridized carbons (Fsp3) is 0.292. The molecule has 160 valence electrons. The van der Waals surface area contributed by atoms with Gasteiger partial charge in [0.15, 0.2) is 4.80 Å². The van der Waals surface area contributed by atoms with Crippen LogP contribution in [0.3, 0.4) is 0 Å². The average Bonchev–Trinajstić information content (AvgIpc) is 3.35. The maximum Gasteiger partial charge on any atom is 0.338 e. The molecule has 0 unspecified atom stereocenters. The Balaban J connectivity index is 1.88. The van der Waals surface area contributed by atoms with E-state index in [1.54, 1.807) is 11.5 Å². The molecule has 5 nitrogen and oxygen atoms in total. The van der Waals surface area contributed by atoms with E-state index in [1.165, 1.54) is 35.3 Å². The van der Waals surface area contributed by atoms with E-state index in [-0.39, 0.29) is 11.0 Å². The Morgan fingerprint density at radius 2 is 1.90 bits per heavy atom. The van der Waals surface area contributed by atoms with Crippen molar-refractivity contribution in [1.82, 2.24) is 4.57 Å². The standard InChI is InChI=1S/C24H24N2O3S2/c1-14-19(22(28)29-5)20(17-7-6-12-30-17)26-21(27)18(31-23(26)25-14)13-15-8-10-16(11-9-15)24(2,3)4/h6-13,20H,1-5H3/b18-13-/t20-/m0/s1. The molecular formula is C24H24N2O3S2. The van der Waals surface area contributed by atoms with Gasteiger partial charge in [0.05, 0.1) is 22.9 Å². The van der Waals surface area contributed by atoms with Gasteiger partial charge in [0.25, 0.3) is 5.56 Å². The number of hydrogen-bond acceptors (Lipinski definition) is 6. The van der Waals surface area contributed by atoms with Gasteiger partial charge >= 0.3 is 5.97 Å². The minimum atomic E-state index is -0.533. The number of ether oxygens (including phenoxy) is 1. The molecule has 1 atom stereocenters. The molecule has 1 aliphatic heterocycles. The first-order chi connectivity index (χ1) is 14.7. The smallest absolute Gasteiger partial charge is 0.338 e. The number of thiophene rings is 1. The van der Waals surface area contributed by atoms with E-state index < -0.39 is 12.0 Å². The number of hydrogen-bond donors (Lipinski definition) is 0. The van der Waals surface area contributed by atoms with Crippen LogP contribution in [0, 0.1) is 0 Å². The zero-order valence-electron chi connectivity index (χ0n) is 18.1. The fourth-order valence-corrected chi connectivity index (χ4v) is 5.51. The van der Waals surface area contributed by atoms with Gasteiger partial charge < -0.3 is 4.74 Å². The third kappa shape index (κ3) is 3.95. The normalized spacial score (nSPS) is 16.8. The number of carbonyl (C=O) groups excluding carboxylic acids is 1. The lowest BCUT2D eigenvalue weighted by atomic mass is 9.87. The van der Waals surface area contributed by atoms with Gasteiger partial charge in [-0.15, -0.1) is 11.3 Å². The predicted octanol–water partition coefficient (Wildman–Crippen LogP) is 3.77. The zero-order valence-corrected chi connectivity index (χ0v) is 19.8.